The van der Waals surface area contributed by atoms with Gasteiger partial charge in [-0.15, -0.1) is 0 Å². The van der Waals surface area contributed by atoms with Crippen LogP contribution in [0.1, 0.15) is 74.7 Å². The Bertz CT molecular complexity index is 1060. The smallest absolute Gasteiger partial charge is 0.344 e. The van der Waals surface area contributed by atoms with Crippen LogP contribution in [0.25, 0.3) is 0 Å². The lowest BCUT2D eigenvalue weighted by Crippen LogP contribution is -2.27. The first-order chi connectivity index (χ1) is 15.7. The van der Waals surface area contributed by atoms with Gasteiger partial charge in [0.15, 0.2) is 6.61 Å². The minimum Gasteiger partial charge on any atom is -0.481 e. The molecule has 1 amide bonds. The number of carbonyl (C=O) groups is 3. The summed E-state index contributed by atoms with van der Waals surface area (Å²) in [4.78, 5) is 38.3. The molecule has 2 aromatic carbocycles. The number of amides is 1. The molecule has 0 aliphatic heterocycles. The Balaban J connectivity index is 2.54. The molecule has 184 valence electrons. The molecule has 0 bridgehead atoms. The number of carbonyl (C=O) groups excluding carboxylic acids is 3. The Hall–Kier alpha value is -3.55. The van der Waals surface area contributed by atoms with E-state index >= 15 is 0 Å². The van der Waals surface area contributed by atoms with E-state index in [4.69, 9.17) is 19.9 Å². The number of benzene rings is 2. The molecule has 0 saturated carbocycles. The molecule has 0 radical (unpaired) electrons. The first-order valence-corrected chi connectivity index (χ1v) is 11.1. The van der Waals surface area contributed by atoms with E-state index in [1.165, 1.54) is 12.1 Å². The van der Waals surface area contributed by atoms with Crippen LogP contribution >= 0.6 is 0 Å². The molecule has 2 aromatic rings. The highest BCUT2D eigenvalue weighted by molar-refractivity contribution is 6.12. The molecule has 0 unspecified atom stereocenters. The molecule has 0 aromatic heterocycles. The van der Waals surface area contributed by atoms with Gasteiger partial charge in [0.25, 0.3) is 5.91 Å². The lowest BCUT2D eigenvalue weighted by atomic mass is 9.83. The number of nitrogens with one attached hydrogen (secondary N) is 1. The Labute approximate surface area is 200 Å². The van der Waals surface area contributed by atoms with Gasteiger partial charge in [0.05, 0.1) is 18.0 Å². The molecule has 8 nitrogen and oxygen atoms in total. The quantitative estimate of drug-likeness (QED) is 0.444. The van der Waals surface area contributed by atoms with E-state index in [0.29, 0.717) is 5.56 Å². The second-order valence-electron chi connectivity index (χ2n) is 9.75. The highest BCUT2D eigenvalue weighted by Gasteiger charge is 2.28. The lowest BCUT2D eigenvalue weighted by molar-refractivity contribution is -0.145. The largest absolute Gasteiger partial charge is 0.481 e. The summed E-state index contributed by atoms with van der Waals surface area (Å²) in [5.41, 5.74) is 6.45. The van der Waals surface area contributed by atoms with Crippen molar-refractivity contribution in [3.63, 3.8) is 0 Å². The predicted octanol–water partition coefficient (Wildman–Crippen LogP) is 4.72. The monoisotopic (exact) mass is 470 g/mol. The number of anilines is 2. The van der Waals surface area contributed by atoms with E-state index in [-0.39, 0.29) is 34.7 Å². The highest BCUT2D eigenvalue weighted by Crippen LogP contribution is 2.35. The Morgan fingerprint density at radius 2 is 1.62 bits per heavy atom. The van der Waals surface area contributed by atoms with Crippen LogP contribution in [-0.2, 0) is 19.7 Å². The number of nitrogen functional groups attached to an aromatic ring is 1. The second kappa shape index (κ2) is 10.6. The molecule has 0 heterocycles. The second-order valence-corrected chi connectivity index (χ2v) is 9.75. The maximum absolute atomic E-state index is 13.3. The summed E-state index contributed by atoms with van der Waals surface area (Å²) in [5.74, 6) is -1.75. The zero-order chi connectivity index (χ0) is 25.7. The summed E-state index contributed by atoms with van der Waals surface area (Å²) in [6.07, 6.45) is 0. The maximum atomic E-state index is 13.3. The fourth-order valence-corrected chi connectivity index (χ4v) is 3.24. The SMILES string of the molecule is CCOC(=O)COc1ccc(N)c(NC(=O)c2ccccc2C(C)(C)C)c1C(=O)OC(C)(C)C. The molecular formula is C26H34N2O6. The highest BCUT2D eigenvalue weighted by atomic mass is 16.6. The maximum Gasteiger partial charge on any atom is 0.344 e. The van der Waals surface area contributed by atoms with Crippen LogP contribution in [0.15, 0.2) is 36.4 Å². The van der Waals surface area contributed by atoms with Gasteiger partial charge in [0.1, 0.15) is 16.9 Å². The summed E-state index contributed by atoms with van der Waals surface area (Å²) >= 11 is 0. The normalized spacial score (nSPS) is 11.5. The number of ether oxygens (including phenoxy) is 3. The van der Waals surface area contributed by atoms with E-state index < -0.39 is 30.1 Å². The Morgan fingerprint density at radius 1 is 0.971 bits per heavy atom. The topological polar surface area (TPSA) is 117 Å². The van der Waals surface area contributed by atoms with Crippen LogP contribution in [0.3, 0.4) is 0 Å². The Morgan fingerprint density at radius 3 is 2.21 bits per heavy atom. The van der Waals surface area contributed by atoms with Crippen LogP contribution in [0.2, 0.25) is 0 Å². The van der Waals surface area contributed by atoms with Gasteiger partial charge in [0, 0.05) is 5.56 Å². The zero-order valence-electron chi connectivity index (χ0n) is 20.9. The third-order valence-electron chi connectivity index (χ3n) is 4.67. The molecule has 0 spiro atoms. The third-order valence-corrected chi connectivity index (χ3v) is 4.67. The van der Waals surface area contributed by atoms with Crippen molar-refractivity contribution in [2.24, 2.45) is 0 Å². The summed E-state index contributed by atoms with van der Waals surface area (Å²) < 4.78 is 16.0. The van der Waals surface area contributed by atoms with Gasteiger partial charge in [-0.05, 0) is 56.9 Å². The van der Waals surface area contributed by atoms with Crippen molar-refractivity contribution >= 4 is 29.2 Å². The van der Waals surface area contributed by atoms with E-state index in [9.17, 15) is 14.4 Å². The van der Waals surface area contributed by atoms with Gasteiger partial charge < -0.3 is 25.3 Å². The fraction of sp³-hybridized carbons (Fsp3) is 0.423. The van der Waals surface area contributed by atoms with Gasteiger partial charge >= 0.3 is 11.9 Å². The van der Waals surface area contributed by atoms with Gasteiger partial charge in [-0.3, -0.25) is 4.79 Å². The van der Waals surface area contributed by atoms with Crippen LogP contribution in [0, 0.1) is 0 Å². The average molecular weight is 471 g/mol. The fourth-order valence-electron chi connectivity index (χ4n) is 3.24. The van der Waals surface area contributed by atoms with Gasteiger partial charge in [0.2, 0.25) is 0 Å². The first-order valence-electron chi connectivity index (χ1n) is 11.1. The summed E-state index contributed by atoms with van der Waals surface area (Å²) in [5, 5.41) is 2.77. The lowest BCUT2D eigenvalue weighted by Gasteiger charge is -2.24. The summed E-state index contributed by atoms with van der Waals surface area (Å²) in [6.45, 7) is 12.6. The number of hydrogen-bond acceptors (Lipinski definition) is 7. The molecule has 2 rings (SSSR count). The van der Waals surface area contributed by atoms with Crippen molar-refractivity contribution in [1.82, 2.24) is 0 Å². The van der Waals surface area contributed by atoms with E-state index in [2.05, 4.69) is 5.32 Å². The van der Waals surface area contributed by atoms with Crippen molar-refractivity contribution in [2.75, 3.05) is 24.3 Å². The molecule has 3 N–H and O–H groups in total. The number of nitrogens with two attached hydrogens (primary N) is 1. The standard InChI is InChI=1S/C26H34N2O6/c1-8-32-20(29)15-33-19-14-13-18(27)22(21(19)24(31)34-26(5,6)7)28-23(30)16-11-9-10-12-17(16)25(2,3)4/h9-14H,8,15,27H2,1-7H3,(H,28,30). The van der Waals surface area contributed by atoms with Crippen molar-refractivity contribution in [3.05, 3.63) is 53.1 Å². The predicted molar refractivity (Wildman–Crippen MR) is 131 cm³/mol. The number of hydrogen-bond donors (Lipinski definition) is 2. The molecule has 0 saturated heterocycles. The van der Waals surface area contributed by atoms with Crippen LogP contribution in [-0.4, -0.2) is 36.7 Å². The van der Waals surface area contributed by atoms with Gasteiger partial charge in [-0.2, -0.15) is 0 Å². The van der Waals surface area contributed by atoms with Crippen LogP contribution in [0.5, 0.6) is 5.75 Å². The summed E-state index contributed by atoms with van der Waals surface area (Å²) in [7, 11) is 0. The number of esters is 2. The average Bonchev–Trinajstić information content (AvgIpc) is 2.72. The molecule has 0 fully saturated rings. The van der Waals surface area contributed by atoms with E-state index in [0.717, 1.165) is 5.56 Å². The molecule has 8 heteroatoms. The molecule has 34 heavy (non-hydrogen) atoms. The van der Waals surface area contributed by atoms with Crippen LogP contribution < -0.4 is 15.8 Å². The first kappa shape index (κ1) is 26.7. The van der Waals surface area contributed by atoms with Crippen molar-refractivity contribution < 1.29 is 28.6 Å². The third kappa shape index (κ3) is 6.97. The van der Waals surface area contributed by atoms with Crippen molar-refractivity contribution in [1.29, 1.82) is 0 Å². The molecule has 0 atom stereocenters. The van der Waals surface area contributed by atoms with Crippen molar-refractivity contribution in [3.8, 4) is 5.75 Å². The molecular weight excluding hydrogens is 436 g/mol. The summed E-state index contributed by atoms with van der Waals surface area (Å²) in [6, 6.07) is 10.2. The minimum absolute atomic E-state index is 0.0379. The van der Waals surface area contributed by atoms with Crippen molar-refractivity contribution in [2.45, 2.75) is 59.5 Å². The van der Waals surface area contributed by atoms with Crippen LogP contribution in [0.4, 0.5) is 11.4 Å². The Kier molecular flexibility index (Phi) is 8.31. The number of rotatable bonds is 7. The minimum atomic E-state index is -0.819. The zero-order valence-corrected chi connectivity index (χ0v) is 20.9. The molecule has 0 aliphatic carbocycles. The van der Waals surface area contributed by atoms with Gasteiger partial charge in [-0.1, -0.05) is 39.0 Å². The molecule has 0 aliphatic rings. The van der Waals surface area contributed by atoms with Gasteiger partial charge in [-0.25, -0.2) is 9.59 Å². The van der Waals surface area contributed by atoms with E-state index in [1.807, 2.05) is 32.9 Å². The van der Waals surface area contributed by atoms with E-state index in [1.54, 1.807) is 39.8 Å².